The second-order valence-electron chi connectivity index (χ2n) is 5.16. The summed E-state index contributed by atoms with van der Waals surface area (Å²) in [6, 6.07) is 7.66. The average Bonchev–Trinajstić information content (AvgIpc) is 3.03. The Balaban J connectivity index is 2.25. The first-order valence-electron chi connectivity index (χ1n) is 7.49. The molecule has 0 atom stereocenters. The number of aromatic nitrogens is 2. The van der Waals surface area contributed by atoms with Crippen LogP contribution in [0.2, 0.25) is 0 Å². The van der Waals surface area contributed by atoms with E-state index in [4.69, 9.17) is 15.0 Å². The number of hydrogen-bond acceptors (Lipinski definition) is 5. The molecule has 5 nitrogen and oxygen atoms in total. The molecule has 0 fully saturated rings. The molecule has 0 aliphatic heterocycles. The maximum atomic E-state index is 6.30. The van der Waals surface area contributed by atoms with Gasteiger partial charge in [0.1, 0.15) is 5.75 Å². The summed E-state index contributed by atoms with van der Waals surface area (Å²) in [5.74, 6) is 1.84. The van der Waals surface area contributed by atoms with Crippen molar-refractivity contribution in [1.82, 2.24) is 10.1 Å². The Morgan fingerprint density at radius 2 is 2.00 bits per heavy atom. The fourth-order valence-electron chi connectivity index (χ4n) is 2.05. The van der Waals surface area contributed by atoms with Crippen molar-refractivity contribution in [3.63, 3.8) is 0 Å². The van der Waals surface area contributed by atoms with Gasteiger partial charge in [0.05, 0.1) is 12.1 Å². The molecule has 5 heteroatoms. The van der Waals surface area contributed by atoms with Gasteiger partial charge in [-0.1, -0.05) is 32.0 Å². The molecule has 0 radical (unpaired) electrons. The first kappa shape index (κ1) is 15.5. The van der Waals surface area contributed by atoms with Gasteiger partial charge in [-0.05, 0) is 37.5 Å². The van der Waals surface area contributed by atoms with Crippen LogP contribution in [0.5, 0.6) is 5.75 Å². The highest BCUT2D eigenvalue weighted by molar-refractivity contribution is 5.55. The lowest BCUT2D eigenvalue weighted by Gasteiger charge is -2.21. The fraction of sp³-hybridized carbons (Fsp3) is 0.500. The molecular formula is C16H23N3O2. The molecule has 2 aromatic rings. The lowest BCUT2D eigenvalue weighted by molar-refractivity contribution is 0.317. The molecule has 114 valence electrons. The fourth-order valence-corrected chi connectivity index (χ4v) is 2.05. The van der Waals surface area contributed by atoms with Gasteiger partial charge >= 0.3 is 0 Å². The zero-order valence-electron chi connectivity index (χ0n) is 12.9. The van der Waals surface area contributed by atoms with Crippen molar-refractivity contribution in [1.29, 1.82) is 0 Å². The molecule has 0 amide bonds. The van der Waals surface area contributed by atoms with Crippen LogP contribution in [-0.2, 0) is 5.54 Å². The number of benzene rings is 1. The summed E-state index contributed by atoms with van der Waals surface area (Å²) in [5.41, 5.74) is 6.61. The Labute approximate surface area is 125 Å². The third-order valence-electron chi connectivity index (χ3n) is 3.69. The first-order chi connectivity index (χ1) is 10.1. The van der Waals surface area contributed by atoms with Gasteiger partial charge in [0, 0.05) is 5.56 Å². The summed E-state index contributed by atoms with van der Waals surface area (Å²) in [4.78, 5) is 4.46. The van der Waals surface area contributed by atoms with E-state index in [1.807, 2.05) is 38.1 Å². The summed E-state index contributed by atoms with van der Waals surface area (Å²) in [5, 5.41) is 4.05. The van der Waals surface area contributed by atoms with Crippen LogP contribution in [0.15, 0.2) is 28.8 Å². The molecule has 0 saturated heterocycles. The molecule has 0 bridgehead atoms. The molecule has 0 aliphatic rings. The van der Waals surface area contributed by atoms with Gasteiger partial charge in [-0.25, -0.2) is 0 Å². The van der Waals surface area contributed by atoms with E-state index >= 15 is 0 Å². The quantitative estimate of drug-likeness (QED) is 0.844. The van der Waals surface area contributed by atoms with Crippen LogP contribution in [0.3, 0.4) is 0 Å². The van der Waals surface area contributed by atoms with Crippen molar-refractivity contribution in [2.45, 2.75) is 45.6 Å². The first-order valence-corrected chi connectivity index (χ1v) is 7.49. The summed E-state index contributed by atoms with van der Waals surface area (Å²) in [6.45, 7) is 6.82. The number of hydrogen-bond donors (Lipinski definition) is 1. The predicted molar refractivity (Wildman–Crippen MR) is 82.0 cm³/mol. The molecule has 0 aliphatic carbocycles. The summed E-state index contributed by atoms with van der Waals surface area (Å²) in [7, 11) is 0. The van der Waals surface area contributed by atoms with E-state index in [1.54, 1.807) is 0 Å². The van der Waals surface area contributed by atoms with Crippen LogP contribution in [0, 0.1) is 0 Å². The largest absolute Gasteiger partial charge is 0.494 e. The van der Waals surface area contributed by atoms with Gasteiger partial charge in [0.15, 0.2) is 5.82 Å². The van der Waals surface area contributed by atoms with E-state index in [0.717, 1.165) is 30.6 Å². The van der Waals surface area contributed by atoms with Crippen LogP contribution in [0.4, 0.5) is 0 Å². The molecule has 0 spiro atoms. The molecule has 2 rings (SSSR count). The van der Waals surface area contributed by atoms with E-state index in [2.05, 4.69) is 17.1 Å². The lowest BCUT2D eigenvalue weighted by Crippen LogP contribution is -2.36. The third kappa shape index (κ3) is 3.42. The van der Waals surface area contributed by atoms with Crippen LogP contribution < -0.4 is 10.5 Å². The average molecular weight is 289 g/mol. The summed E-state index contributed by atoms with van der Waals surface area (Å²) >= 11 is 0. The van der Waals surface area contributed by atoms with Gasteiger partial charge in [-0.3, -0.25) is 0 Å². The highest BCUT2D eigenvalue weighted by atomic mass is 16.5. The monoisotopic (exact) mass is 289 g/mol. The number of ether oxygens (including phenoxy) is 1. The highest BCUT2D eigenvalue weighted by Crippen LogP contribution is 2.27. The molecule has 1 aromatic heterocycles. The molecule has 2 N–H and O–H groups in total. The van der Waals surface area contributed by atoms with E-state index in [-0.39, 0.29) is 0 Å². The highest BCUT2D eigenvalue weighted by Gasteiger charge is 2.29. The number of nitrogens with zero attached hydrogens (tertiary/aromatic N) is 2. The van der Waals surface area contributed by atoms with E-state index in [1.165, 1.54) is 0 Å². The van der Waals surface area contributed by atoms with Crippen LogP contribution in [-0.4, -0.2) is 16.7 Å². The van der Waals surface area contributed by atoms with E-state index in [9.17, 15) is 0 Å². The molecule has 0 unspecified atom stereocenters. The Hall–Kier alpha value is -1.88. The van der Waals surface area contributed by atoms with Crippen LogP contribution in [0.25, 0.3) is 11.5 Å². The van der Waals surface area contributed by atoms with Gasteiger partial charge in [-0.15, -0.1) is 0 Å². The molecule has 0 saturated carbocycles. The number of rotatable bonds is 7. The van der Waals surface area contributed by atoms with Gasteiger partial charge in [-0.2, -0.15) is 4.98 Å². The van der Waals surface area contributed by atoms with E-state index < -0.39 is 5.54 Å². The van der Waals surface area contributed by atoms with Crippen molar-refractivity contribution in [2.24, 2.45) is 5.73 Å². The molecule has 1 aromatic carbocycles. The smallest absolute Gasteiger partial charge is 0.258 e. The summed E-state index contributed by atoms with van der Waals surface area (Å²) < 4.78 is 11.0. The predicted octanol–water partition coefficient (Wildman–Crippen LogP) is 3.50. The zero-order chi connectivity index (χ0) is 15.3. The SMILES string of the molecule is CCCOc1cccc(-c2nc(C(N)(CC)CC)no2)c1. The molecule has 1 heterocycles. The van der Waals surface area contributed by atoms with Crippen molar-refractivity contribution < 1.29 is 9.26 Å². The minimum Gasteiger partial charge on any atom is -0.494 e. The Morgan fingerprint density at radius 1 is 1.24 bits per heavy atom. The normalized spacial score (nSPS) is 11.6. The second kappa shape index (κ2) is 6.72. The standard InChI is InChI=1S/C16H23N3O2/c1-4-10-20-13-9-7-8-12(11-13)14-18-15(19-21-14)16(17,5-2)6-3/h7-9,11H,4-6,10,17H2,1-3H3. The lowest BCUT2D eigenvalue weighted by atomic mass is 9.93. The van der Waals surface area contributed by atoms with Crippen molar-refractivity contribution in [2.75, 3.05) is 6.61 Å². The second-order valence-corrected chi connectivity index (χ2v) is 5.16. The van der Waals surface area contributed by atoms with Crippen molar-refractivity contribution in [3.8, 4) is 17.2 Å². The maximum Gasteiger partial charge on any atom is 0.258 e. The topological polar surface area (TPSA) is 74.2 Å². The number of nitrogens with two attached hydrogens (primary N) is 1. The van der Waals surface area contributed by atoms with E-state index in [0.29, 0.717) is 18.3 Å². The maximum absolute atomic E-state index is 6.30. The Kier molecular flexibility index (Phi) is 4.96. The Morgan fingerprint density at radius 3 is 2.67 bits per heavy atom. The minimum atomic E-state index is -0.530. The summed E-state index contributed by atoms with van der Waals surface area (Å²) in [6.07, 6.45) is 2.50. The van der Waals surface area contributed by atoms with Gasteiger partial charge < -0.3 is 15.0 Å². The zero-order valence-corrected chi connectivity index (χ0v) is 12.9. The van der Waals surface area contributed by atoms with Crippen molar-refractivity contribution in [3.05, 3.63) is 30.1 Å². The van der Waals surface area contributed by atoms with Crippen LogP contribution >= 0.6 is 0 Å². The molecule has 21 heavy (non-hydrogen) atoms. The minimum absolute atomic E-state index is 0.476. The van der Waals surface area contributed by atoms with Gasteiger partial charge in [0.2, 0.25) is 0 Å². The van der Waals surface area contributed by atoms with Crippen molar-refractivity contribution >= 4 is 0 Å². The van der Waals surface area contributed by atoms with Crippen LogP contribution in [0.1, 0.15) is 45.9 Å². The molecular weight excluding hydrogens is 266 g/mol. The van der Waals surface area contributed by atoms with Gasteiger partial charge in [0.25, 0.3) is 5.89 Å². The Bertz CT molecular complexity index is 576. The third-order valence-corrected chi connectivity index (χ3v) is 3.69.